The van der Waals surface area contributed by atoms with Crippen molar-refractivity contribution in [2.45, 2.75) is 0 Å². The van der Waals surface area contributed by atoms with E-state index in [1.165, 1.54) is 15.9 Å². The molecule has 0 heterocycles. The highest BCUT2D eigenvalue weighted by molar-refractivity contribution is 7.99. The van der Waals surface area contributed by atoms with Crippen LogP contribution >= 0.6 is 30.5 Å². The van der Waals surface area contributed by atoms with Crippen molar-refractivity contribution in [3.63, 3.8) is 0 Å². The molecular formula is C27H21Cl3NP. The molecule has 0 unspecified atom stereocenters. The zero-order valence-electron chi connectivity index (χ0n) is 17.2. The van der Waals surface area contributed by atoms with Gasteiger partial charge in [-0.1, -0.05) is 108 Å². The quantitative estimate of drug-likeness (QED) is 0.285. The highest BCUT2D eigenvalue weighted by Gasteiger charge is 2.50. The lowest BCUT2D eigenvalue weighted by Crippen LogP contribution is -3.00. The SMILES string of the molecule is Cl/C=C(/N=C(/Cl)c1ccccc1)[P+](c1ccccc1)(c1ccccc1)c1ccccc1.[Cl-]. The van der Waals surface area contributed by atoms with Gasteiger partial charge >= 0.3 is 0 Å². The van der Waals surface area contributed by atoms with Crippen molar-refractivity contribution in [2.24, 2.45) is 4.99 Å². The van der Waals surface area contributed by atoms with Crippen LogP contribution in [0.2, 0.25) is 0 Å². The second kappa shape index (κ2) is 11.5. The largest absolute Gasteiger partial charge is 1.00 e. The Balaban J connectivity index is 0.00000289. The summed E-state index contributed by atoms with van der Waals surface area (Å²) in [5.41, 5.74) is 3.20. The second-order valence-corrected chi connectivity index (χ2v) is 10.8. The molecule has 0 N–H and O–H groups in total. The molecule has 0 fully saturated rings. The molecule has 0 amide bonds. The van der Waals surface area contributed by atoms with Gasteiger partial charge in [0.15, 0.2) is 7.26 Å². The molecule has 0 bridgehead atoms. The minimum atomic E-state index is -2.38. The van der Waals surface area contributed by atoms with Crippen LogP contribution in [0.15, 0.2) is 137 Å². The van der Waals surface area contributed by atoms with Gasteiger partial charge in [0.05, 0.1) is 5.54 Å². The van der Waals surface area contributed by atoms with E-state index in [2.05, 4.69) is 72.8 Å². The van der Waals surface area contributed by atoms with Crippen LogP contribution in [0.1, 0.15) is 5.56 Å². The lowest BCUT2D eigenvalue weighted by Gasteiger charge is -2.27. The zero-order valence-corrected chi connectivity index (χ0v) is 20.3. The van der Waals surface area contributed by atoms with Gasteiger partial charge in [0.1, 0.15) is 21.1 Å². The molecule has 0 saturated heterocycles. The first kappa shape index (κ1) is 24.2. The van der Waals surface area contributed by atoms with Crippen molar-refractivity contribution in [2.75, 3.05) is 0 Å². The highest BCUT2D eigenvalue weighted by Crippen LogP contribution is 2.63. The number of benzene rings is 4. The van der Waals surface area contributed by atoms with E-state index in [0.717, 1.165) is 11.0 Å². The monoisotopic (exact) mass is 495 g/mol. The summed E-state index contributed by atoms with van der Waals surface area (Å²) in [6, 6.07) is 41.1. The fourth-order valence-electron chi connectivity index (χ4n) is 3.71. The summed E-state index contributed by atoms with van der Waals surface area (Å²) < 4.78 is 0. The number of hydrogen-bond donors (Lipinski definition) is 0. The normalized spacial score (nSPS) is 12.2. The molecule has 0 atom stereocenters. The van der Waals surface area contributed by atoms with Crippen LogP contribution < -0.4 is 28.3 Å². The molecule has 0 spiro atoms. The zero-order chi connectivity index (χ0) is 21.5. The summed E-state index contributed by atoms with van der Waals surface area (Å²) in [5, 5.41) is 3.92. The van der Waals surface area contributed by atoms with E-state index >= 15 is 0 Å². The molecule has 0 aliphatic carbocycles. The third-order valence-electron chi connectivity index (χ3n) is 5.10. The van der Waals surface area contributed by atoms with Crippen LogP contribution in [0.4, 0.5) is 0 Å². The maximum absolute atomic E-state index is 6.72. The number of nitrogens with zero attached hydrogens (tertiary/aromatic N) is 1. The molecule has 4 aromatic rings. The van der Waals surface area contributed by atoms with Crippen LogP contribution in [0.25, 0.3) is 0 Å². The molecule has 0 saturated carbocycles. The first-order valence-corrected chi connectivity index (χ1v) is 12.5. The van der Waals surface area contributed by atoms with Crippen molar-refractivity contribution in [1.29, 1.82) is 0 Å². The Morgan fingerprint density at radius 3 is 1.28 bits per heavy atom. The van der Waals surface area contributed by atoms with E-state index in [-0.39, 0.29) is 12.4 Å². The van der Waals surface area contributed by atoms with Gasteiger partial charge in [0.2, 0.25) is 5.44 Å². The molecule has 0 aliphatic rings. The van der Waals surface area contributed by atoms with Crippen LogP contribution in [-0.2, 0) is 0 Å². The maximum atomic E-state index is 6.72. The highest BCUT2D eigenvalue weighted by atomic mass is 35.5. The van der Waals surface area contributed by atoms with Crippen molar-refractivity contribution in [3.05, 3.63) is 138 Å². The summed E-state index contributed by atoms with van der Waals surface area (Å²) in [6.07, 6.45) is 0. The first-order chi connectivity index (χ1) is 15.3. The Morgan fingerprint density at radius 2 is 0.938 bits per heavy atom. The minimum Gasteiger partial charge on any atom is -1.00 e. The van der Waals surface area contributed by atoms with Gasteiger partial charge in [-0.2, -0.15) is 4.99 Å². The number of hydrogen-bond acceptors (Lipinski definition) is 1. The van der Waals surface area contributed by atoms with Crippen molar-refractivity contribution in [1.82, 2.24) is 0 Å². The van der Waals surface area contributed by atoms with Gasteiger partial charge in [-0.25, -0.2) is 0 Å². The fourth-order valence-corrected chi connectivity index (χ4v) is 8.42. The molecule has 0 radical (unpaired) electrons. The predicted molar refractivity (Wildman–Crippen MR) is 138 cm³/mol. The van der Waals surface area contributed by atoms with Crippen molar-refractivity contribution in [3.8, 4) is 0 Å². The van der Waals surface area contributed by atoms with Gasteiger partial charge in [0, 0.05) is 5.56 Å². The lowest BCUT2D eigenvalue weighted by molar-refractivity contribution is -0.00000579. The van der Waals surface area contributed by atoms with E-state index in [0.29, 0.717) is 5.17 Å². The maximum Gasteiger partial charge on any atom is 0.211 e. The Morgan fingerprint density at radius 1 is 0.594 bits per heavy atom. The molecule has 0 aliphatic heterocycles. The van der Waals surface area contributed by atoms with E-state index < -0.39 is 7.26 Å². The Labute approximate surface area is 206 Å². The number of aliphatic imine (C=N–C) groups is 1. The van der Waals surface area contributed by atoms with Crippen LogP contribution in [0.5, 0.6) is 0 Å². The van der Waals surface area contributed by atoms with E-state index in [9.17, 15) is 0 Å². The fraction of sp³-hybridized carbons (Fsp3) is 0. The van der Waals surface area contributed by atoms with E-state index in [4.69, 9.17) is 28.2 Å². The smallest absolute Gasteiger partial charge is 0.211 e. The van der Waals surface area contributed by atoms with Crippen molar-refractivity contribution < 1.29 is 12.4 Å². The molecule has 4 rings (SSSR count). The third kappa shape index (κ3) is 4.82. The van der Waals surface area contributed by atoms with Gasteiger partial charge < -0.3 is 12.4 Å². The second-order valence-electron chi connectivity index (χ2n) is 6.91. The summed E-state index contributed by atoms with van der Waals surface area (Å²) in [5.74, 6) is 0. The summed E-state index contributed by atoms with van der Waals surface area (Å²) in [6.45, 7) is 0. The number of rotatable bonds is 6. The molecule has 0 aromatic heterocycles. The standard InChI is InChI=1S/C27H21Cl2NP.ClH/c28-21-26(30-27(29)22-13-5-1-6-14-22)31(23-15-7-2-8-16-23,24-17-9-3-10-18-24)25-19-11-4-12-20-25;/h1-21H;1H/q+1;/p-1/b26-21-,30-27+;. The Kier molecular flexibility index (Phi) is 8.67. The van der Waals surface area contributed by atoms with Crippen molar-refractivity contribution >= 4 is 51.5 Å². The molecule has 4 aromatic carbocycles. The van der Waals surface area contributed by atoms with Gasteiger partial charge in [-0.15, -0.1) is 0 Å². The van der Waals surface area contributed by atoms with Crippen LogP contribution in [-0.4, -0.2) is 5.17 Å². The molecule has 1 nitrogen and oxygen atoms in total. The van der Waals surface area contributed by atoms with Gasteiger partial charge in [0.25, 0.3) is 0 Å². The van der Waals surface area contributed by atoms with Crippen LogP contribution in [0.3, 0.4) is 0 Å². The minimum absolute atomic E-state index is 0. The molecular weight excluding hydrogens is 476 g/mol. The average Bonchev–Trinajstić information content (AvgIpc) is 2.86. The Bertz CT molecular complexity index is 1080. The average molecular weight is 497 g/mol. The van der Waals surface area contributed by atoms with E-state index in [1.807, 2.05) is 48.5 Å². The van der Waals surface area contributed by atoms with Crippen LogP contribution in [0, 0.1) is 0 Å². The van der Waals surface area contributed by atoms with Gasteiger partial charge in [-0.3, -0.25) is 0 Å². The summed E-state index contributed by atoms with van der Waals surface area (Å²) in [4.78, 5) is 4.93. The third-order valence-corrected chi connectivity index (χ3v) is 9.89. The first-order valence-electron chi connectivity index (χ1n) is 9.93. The summed E-state index contributed by atoms with van der Waals surface area (Å²) >= 11 is 13.2. The van der Waals surface area contributed by atoms with Gasteiger partial charge in [-0.05, 0) is 36.4 Å². The Hall–Kier alpha value is -2.41. The summed E-state index contributed by atoms with van der Waals surface area (Å²) in [7, 11) is -2.38. The lowest BCUT2D eigenvalue weighted by atomic mass is 10.2. The van der Waals surface area contributed by atoms with E-state index in [1.54, 1.807) is 5.54 Å². The molecule has 32 heavy (non-hydrogen) atoms. The number of halogens is 3. The molecule has 5 heteroatoms. The topological polar surface area (TPSA) is 12.4 Å². The predicted octanol–water partition coefficient (Wildman–Crippen LogP) is 3.71. The molecule has 160 valence electrons.